The number of hydrogen-bond donors (Lipinski definition) is 5. The van der Waals surface area contributed by atoms with Gasteiger partial charge in [-0.25, -0.2) is 4.39 Å². The van der Waals surface area contributed by atoms with Gasteiger partial charge in [0, 0.05) is 99.3 Å². The number of piperazine rings is 1. The first-order valence-corrected chi connectivity index (χ1v) is 21.6. The van der Waals surface area contributed by atoms with Gasteiger partial charge in [-0.1, -0.05) is 24.3 Å². The number of nitrogens with two attached hydrogens (primary N) is 3. The molecule has 0 aliphatic carbocycles. The van der Waals surface area contributed by atoms with Gasteiger partial charge in [0.1, 0.15) is 35.3 Å². The standard InChI is InChI=1S/C46H58FN9O5/c1-52(40-11-12-43(58)51-46(40)60)32-6-4-5-30(21-32)29-13-17-53(18-14-29)28-44(59)54-19-15-36(16-20-54)61-37-23-31(47)22-35(24-37)56-33-9-10-34(56)27-55(26-33)41(45(49)50)25-39(48)38-7-2-3-8-42(38)57/h2-8,21-25,29,33-34,36,40,57H,9-20,26-28,48-50H2,1H3,(H,51,58,60)/b39-25-. The van der Waals surface area contributed by atoms with Gasteiger partial charge in [-0.15, -0.1) is 0 Å². The van der Waals surface area contributed by atoms with E-state index in [0.29, 0.717) is 87.0 Å². The number of amides is 3. The fraction of sp³-hybridized carbons (Fsp3) is 0.457. The number of hydrogen-bond acceptors (Lipinski definition) is 12. The zero-order valence-corrected chi connectivity index (χ0v) is 34.8. The molecule has 0 saturated carbocycles. The first-order chi connectivity index (χ1) is 29.4. The predicted octanol–water partition coefficient (Wildman–Crippen LogP) is 3.76. The number of halogens is 1. The number of carbonyl (C=O) groups excluding carboxylic acids is 3. The molecule has 324 valence electrons. The lowest BCUT2D eigenvalue weighted by molar-refractivity contribution is -0.135. The van der Waals surface area contributed by atoms with E-state index in [1.807, 2.05) is 35.0 Å². The number of likely N-dealkylation sites (N-methyl/N-ethyl adjacent to an activating group) is 1. The van der Waals surface area contributed by atoms with E-state index in [-0.39, 0.29) is 59.3 Å². The van der Waals surface area contributed by atoms with Crippen molar-refractivity contribution in [3.8, 4) is 11.5 Å². The molecule has 5 aliphatic heterocycles. The summed E-state index contributed by atoms with van der Waals surface area (Å²) in [6, 6.07) is 19.9. The Kier molecular flexibility index (Phi) is 12.3. The third-order valence-corrected chi connectivity index (χ3v) is 13.3. The lowest BCUT2D eigenvalue weighted by Gasteiger charge is -2.44. The minimum Gasteiger partial charge on any atom is -0.507 e. The smallest absolute Gasteiger partial charge is 0.249 e. The van der Waals surface area contributed by atoms with E-state index in [2.05, 4.69) is 32.1 Å². The highest BCUT2D eigenvalue weighted by Gasteiger charge is 2.41. The van der Waals surface area contributed by atoms with Crippen LogP contribution >= 0.6 is 0 Å². The number of likely N-dealkylation sites (tertiary alicyclic amines) is 3. The molecular weight excluding hydrogens is 778 g/mol. The number of nitrogens with zero attached hydrogens (tertiary/aromatic N) is 5. The van der Waals surface area contributed by atoms with Gasteiger partial charge in [0.25, 0.3) is 0 Å². The van der Waals surface area contributed by atoms with Gasteiger partial charge in [0.15, 0.2) is 0 Å². The molecular formula is C46H58FN9O5. The molecule has 5 heterocycles. The van der Waals surface area contributed by atoms with Crippen LogP contribution in [-0.4, -0.2) is 115 Å². The van der Waals surface area contributed by atoms with Gasteiger partial charge in [0.2, 0.25) is 17.7 Å². The lowest BCUT2D eigenvalue weighted by Crippen LogP contribution is -2.54. The topological polar surface area (TPSA) is 187 Å². The van der Waals surface area contributed by atoms with Crippen LogP contribution in [0.4, 0.5) is 15.8 Å². The maximum absolute atomic E-state index is 15.2. The molecule has 8 N–H and O–H groups in total. The molecule has 15 heteroatoms. The van der Waals surface area contributed by atoms with Crippen LogP contribution in [0, 0.1) is 5.82 Å². The van der Waals surface area contributed by atoms with E-state index in [9.17, 15) is 19.5 Å². The van der Waals surface area contributed by atoms with Crippen molar-refractivity contribution in [3.63, 3.8) is 0 Å². The highest BCUT2D eigenvalue weighted by atomic mass is 19.1. The summed E-state index contributed by atoms with van der Waals surface area (Å²) >= 11 is 0. The molecule has 61 heavy (non-hydrogen) atoms. The van der Waals surface area contributed by atoms with E-state index in [4.69, 9.17) is 21.9 Å². The summed E-state index contributed by atoms with van der Waals surface area (Å²) in [6.07, 6.45) is 7.49. The van der Waals surface area contributed by atoms with Gasteiger partial charge in [0.05, 0.1) is 12.2 Å². The Hall–Kier alpha value is -5.96. The maximum Gasteiger partial charge on any atom is 0.249 e. The van der Waals surface area contributed by atoms with Crippen LogP contribution in [-0.2, 0) is 14.4 Å². The Morgan fingerprint density at radius 1 is 0.885 bits per heavy atom. The summed E-state index contributed by atoms with van der Waals surface area (Å²) in [4.78, 5) is 48.1. The molecule has 0 aromatic heterocycles. The number of para-hydroxylation sites is 1. The van der Waals surface area contributed by atoms with Crippen molar-refractivity contribution in [2.24, 2.45) is 17.2 Å². The van der Waals surface area contributed by atoms with Crippen molar-refractivity contribution in [1.29, 1.82) is 0 Å². The number of rotatable bonds is 11. The van der Waals surface area contributed by atoms with Gasteiger partial charge in [-0.3, -0.25) is 24.6 Å². The number of fused-ring (bicyclic) bond motifs is 2. The summed E-state index contributed by atoms with van der Waals surface area (Å²) in [7, 11) is 1.90. The normalized spacial score (nSPS) is 22.9. The number of imide groups is 1. The average molecular weight is 836 g/mol. The zero-order valence-electron chi connectivity index (χ0n) is 34.8. The molecule has 3 atom stereocenters. The second-order valence-corrected chi connectivity index (χ2v) is 17.2. The summed E-state index contributed by atoms with van der Waals surface area (Å²) in [5.41, 5.74) is 23.2. The SMILES string of the molecule is CN(c1cccc(C2CCN(CC(=O)N3CCC(Oc4cc(F)cc(N5C6CCC5CN(C(/C=C(\N)c5ccccc5O)=C(N)N)C6)c4)CC3)CC2)c1)C1CCC(=O)NC1=O. The number of ether oxygens (including phenoxy) is 1. The maximum atomic E-state index is 15.2. The molecule has 0 spiro atoms. The van der Waals surface area contributed by atoms with Crippen LogP contribution < -0.4 is 37.1 Å². The van der Waals surface area contributed by atoms with Crippen molar-refractivity contribution < 1.29 is 28.6 Å². The third-order valence-electron chi connectivity index (χ3n) is 13.3. The zero-order chi connectivity index (χ0) is 42.8. The number of phenols is 1. The summed E-state index contributed by atoms with van der Waals surface area (Å²) in [6.45, 7) is 4.44. The molecule has 3 amide bonds. The molecule has 5 aliphatic rings. The minimum absolute atomic E-state index is 0.0715. The van der Waals surface area contributed by atoms with Crippen molar-refractivity contribution in [3.05, 3.63) is 101 Å². The van der Waals surface area contributed by atoms with E-state index >= 15 is 4.39 Å². The van der Waals surface area contributed by atoms with Crippen molar-refractivity contribution in [1.82, 2.24) is 20.0 Å². The summed E-state index contributed by atoms with van der Waals surface area (Å²) < 4.78 is 21.6. The van der Waals surface area contributed by atoms with Gasteiger partial charge in [-0.2, -0.15) is 0 Å². The fourth-order valence-corrected chi connectivity index (χ4v) is 9.95. The molecule has 0 radical (unpaired) electrons. The number of piperidine rings is 3. The number of benzene rings is 3. The number of allylic oxidation sites excluding steroid dienone is 1. The van der Waals surface area contributed by atoms with E-state index in [1.54, 1.807) is 36.4 Å². The number of phenolic OH excluding ortho intramolecular Hbond substituents is 1. The first-order valence-electron chi connectivity index (χ1n) is 21.6. The second-order valence-electron chi connectivity index (χ2n) is 17.2. The quantitative estimate of drug-likeness (QED) is 0.139. The fourth-order valence-electron chi connectivity index (χ4n) is 9.95. The minimum atomic E-state index is -0.371. The molecule has 8 rings (SSSR count). The molecule has 5 fully saturated rings. The Bertz CT molecular complexity index is 2170. The van der Waals surface area contributed by atoms with Crippen LogP contribution in [0.3, 0.4) is 0 Å². The number of nitrogens with one attached hydrogen (secondary N) is 1. The molecule has 3 unspecified atom stereocenters. The third kappa shape index (κ3) is 9.36. The largest absolute Gasteiger partial charge is 0.507 e. The van der Waals surface area contributed by atoms with Crippen LogP contribution in [0.5, 0.6) is 11.5 Å². The van der Waals surface area contributed by atoms with Crippen LogP contribution in [0.15, 0.2) is 84.3 Å². The van der Waals surface area contributed by atoms with Crippen molar-refractivity contribution >= 4 is 34.8 Å². The molecule has 3 aromatic carbocycles. The van der Waals surface area contributed by atoms with E-state index < -0.39 is 0 Å². The number of anilines is 2. The van der Waals surface area contributed by atoms with Crippen LogP contribution in [0.1, 0.15) is 68.4 Å². The van der Waals surface area contributed by atoms with Gasteiger partial charge in [-0.05, 0) is 93.1 Å². The highest BCUT2D eigenvalue weighted by molar-refractivity contribution is 6.01. The Balaban J connectivity index is 0.811. The Labute approximate surface area is 356 Å². The van der Waals surface area contributed by atoms with Gasteiger partial charge >= 0.3 is 0 Å². The second kappa shape index (κ2) is 17.9. The lowest BCUT2D eigenvalue weighted by atomic mass is 9.89. The highest BCUT2D eigenvalue weighted by Crippen LogP contribution is 2.39. The van der Waals surface area contributed by atoms with E-state index in [1.165, 1.54) is 11.6 Å². The van der Waals surface area contributed by atoms with Gasteiger partial charge < -0.3 is 46.6 Å². The summed E-state index contributed by atoms with van der Waals surface area (Å²) in [5, 5.41) is 12.8. The number of aromatic hydroxyl groups is 1. The van der Waals surface area contributed by atoms with Crippen LogP contribution in [0.25, 0.3) is 5.70 Å². The van der Waals surface area contributed by atoms with Crippen molar-refractivity contribution in [2.45, 2.75) is 81.5 Å². The summed E-state index contributed by atoms with van der Waals surface area (Å²) in [5.74, 6) is 0.359. The van der Waals surface area contributed by atoms with Crippen molar-refractivity contribution in [2.75, 3.05) is 62.7 Å². The Morgan fingerprint density at radius 2 is 1.61 bits per heavy atom. The monoisotopic (exact) mass is 835 g/mol. The predicted molar refractivity (Wildman–Crippen MR) is 233 cm³/mol. The molecule has 2 bridgehead atoms. The molecule has 14 nitrogen and oxygen atoms in total. The average Bonchev–Trinajstić information content (AvgIpc) is 3.51. The molecule has 5 saturated heterocycles. The van der Waals surface area contributed by atoms with E-state index in [0.717, 1.165) is 50.1 Å². The Morgan fingerprint density at radius 3 is 2.30 bits per heavy atom. The molecule has 3 aromatic rings. The number of carbonyl (C=O) groups is 3. The van der Waals surface area contributed by atoms with Crippen LogP contribution in [0.2, 0.25) is 0 Å². The first kappa shape index (κ1) is 41.8.